The minimum Gasteiger partial charge on any atom is -0.478 e. The molecule has 108 valence electrons. The van der Waals surface area contributed by atoms with Crippen molar-refractivity contribution in [1.82, 2.24) is 5.32 Å². The number of hydrogen-bond acceptors (Lipinski definition) is 4. The highest BCUT2D eigenvalue weighted by atomic mass is 32.1. The second kappa shape index (κ2) is 5.97. The van der Waals surface area contributed by atoms with E-state index in [2.05, 4.69) is 10.6 Å². The molecule has 0 spiro atoms. The first kappa shape index (κ1) is 13.6. The number of anilines is 1. The fourth-order valence-electron chi connectivity index (χ4n) is 2.07. The van der Waals surface area contributed by atoms with Crippen LogP contribution in [0.3, 0.4) is 0 Å². The molecule has 0 saturated carbocycles. The molecule has 0 bridgehead atoms. The summed E-state index contributed by atoms with van der Waals surface area (Å²) in [6, 6.07) is 11.1. The average molecular weight is 302 g/mol. The zero-order chi connectivity index (χ0) is 14.7. The number of benzene rings is 1. The monoisotopic (exact) mass is 302 g/mol. The van der Waals surface area contributed by atoms with Gasteiger partial charge in [-0.25, -0.2) is 0 Å². The van der Waals surface area contributed by atoms with Crippen LogP contribution in [0, 0.1) is 0 Å². The minimum atomic E-state index is -0.789. The smallest absolute Gasteiger partial charge is 0.266 e. The molecule has 0 aliphatic carbocycles. The second-order valence-electron chi connectivity index (χ2n) is 4.65. The van der Waals surface area contributed by atoms with Crippen molar-refractivity contribution >= 4 is 28.8 Å². The van der Waals surface area contributed by atoms with Crippen molar-refractivity contribution < 1.29 is 14.3 Å². The van der Waals surface area contributed by atoms with E-state index >= 15 is 0 Å². The van der Waals surface area contributed by atoms with E-state index in [1.54, 1.807) is 23.5 Å². The third kappa shape index (κ3) is 3.22. The van der Waals surface area contributed by atoms with Crippen LogP contribution < -0.4 is 15.4 Å². The second-order valence-corrected chi connectivity index (χ2v) is 5.68. The SMILES string of the molecule is O=C(C[C@@H]1Oc2ccccc2NC1=O)NCc1cccs1. The van der Waals surface area contributed by atoms with Gasteiger partial charge in [0.25, 0.3) is 5.91 Å². The topological polar surface area (TPSA) is 67.4 Å². The minimum absolute atomic E-state index is 0.00550. The Morgan fingerprint density at radius 3 is 2.95 bits per heavy atom. The van der Waals surface area contributed by atoms with E-state index in [0.29, 0.717) is 18.0 Å². The van der Waals surface area contributed by atoms with Gasteiger partial charge in [-0.3, -0.25) is 9.59 Å². The van der Waals surface area contributed by atoms with Gasteiger partial charge in [0.2, 0.25) is 5.91 Å². The lowest BCUT2D eigenvalue weighted by atomic mass is 10.1. The number of ether oxygens (including phenoxy) is 1. The lowest BCUT2D eigenvalue weighted by Gasteiger charge is -2.25. The van der Waals surface area contributed by atoms with E-state index in [1.807, 2.05) is 29.6 Å². The zero-order valence-electron chi connectivity index (χ0n) is 11.2. The van der Waals surface area contributed by atoms with Crippen LogP contribution in [-0.2, 0) is 16.1 Å². The Morgan fingerprint density at radius 1 is 1.29 bits per heavy atom. The standard InChI is InChI=1S/C15H14N2O3S/c18-14(16-9-10-4-3-7-21-10)8-13-15(19)17-11-5-1-2-6-12(11)20-13/h1-7,13H,8-9H2,(H,16,18)(H,17,19)/t13-/m0/s1. The highest BCUT2D eigenvalue weighted by Gasteiger charge is 2.29. The van der Waals surface area contributed by atoms with Crippen LogP contribution in [0.15, 0.2) is 41.8 Å². The van der Waals surface area contributed by atoms with Crippen molar-refractivity contribution in [1.29, 1.82) is 0 Å². The van der Waals surface area contributed by atoms with E-state index in [9.17, 15) is 9.59 Å². The number of fused-ring (bicyclic) bond motifs is 1. The Hall–Kier alpha value is -2.34. The maximum atomic E-state index is 11.9. The summed E-state index contributed by atoms with van der Waals surface area (Å²) in [4.78, 5) is 24.9. The van der Waals surface area contributed by atoms with Crippen LogP contribution >= 0.6 is 11.3 Å². The van der Waals surface area contributed by atoms with Crippen LogP contribution in [0.5, 0.6) is 5.75 Å². The van der Waals surface area contributed by atoms with E-state index < -0.39 is 6.10 Å². The Labute approximate surface area is 125 Å². The molecule has 0 fully saturated rings. The summed E-state index contributed by atoms with van der Waals surface area (Å²) >= 11 is 1.58. The molecule has 0 saturated heterocycles. The highest BCUT2D eigenvalue weighted by Crippen LogP contribution is 2.29. The number of carbonyl (C=O) groups is 2. The predicted molar refractivity (Wildman–Crippen MR) is 80.3 cm³/mol. The molecule has 1 atom stereocenters. The third-order valence-electron chi connectivity index (χ3n) is 3.12. The van der Waals surface area contributed by atoms with Crippen molar-refractivity contribution in [2.75, 3.05) is 5.32 Å². The van der Waals surface area contributed by atoms with Crippen molar-refractivity contribution in [2.45, 2.75) is 19.1 Å². The van der Waals surface area contributed by atoms with Crippen molar-refractivity contribution in [3.8, 4) is 5.75 Å². The van der Waals surface area contributed by atoms with E-state index in [-0.39, 0.29) is 18.2 Å². The van der Waals surface area contributed by atoms with E-state index in [4.69, 9.17) is 4.74 Å². The fourth-order valence-corrected chi connectivity index (χ4v) is 2.71. The molecular weight excluding hydrogens is 288 g/mol. The number of thiophene rings is 1. The van der Waals surface area contributed by atoms with Crippen LogP contribution in [-0.4, -0.2) is 17.9 Å². The van der Waals surface area contributed by atoms with Gasteiger partial charge in [0.05, 0.1) is 18.7 Å². The number of nitrogens with one attached hydrogen (secondary N) is 2. The molecule has 2 N–H and O–H groups in total. The Kier molecular flexibility index (Phi) is 3.87. The molecule has 21 heavy (non-hydrogen) atoms. The molecule has 1 aromatic heterocycles. The zero-order valence-corrected chi connectivity index (χ0v) is 12.0. The third-order valence-corrected chi connectivity index (χ3v) is 3.99. The first-order valence-corrected chi connectivity index (χ1v) is 7.46. The summed E-state index contributed by atoms with van der Waals surface area (Å²) in [5.41, 5.74) is 0.637. The maximum Gasteiger partial charge on any atom is 0.266 e. The molecule has 5 nitrogen and oxygen atoms in total. The van der Waals surface area contributed by atoms with Crippen LogP contribution in [0.4, 0.5) is 5.69 Å². The normalized spacial score (nSPS) is 16.6. The van der Waals surface area contributed by atoms with Crippen LogP contribution in [0.1, 0.15) is 11.3 Å². The van der Waals surface area contributed by atoms with E-state index in [0.717, 1.165) is 4.88 Å². The Balaban J connectivity index is 1.57. The Morgan fingerprint density at radius 2 is 2.14 bits per heavy atom. The number of amides is 2. The molecule has 6 heteroatoms. The molecule has 1 aliphatic rings. The van der Waals surface area contributed by atoms with Gasteiger partial charge in [-0.05, 0) is 23.6 Å². The van der Waals surface area contributed by atoms with Gasteiger partial charge in [0, 0.05) is 4.88 Å². The quantitative estimate of drug-likeness (QED) is 0.909. The van der Waals surface area contributed by atoms with Crippen molar-refractivity contribution in [2.24, 2.45) is 0 Å². The summed E-state index contributed by atoms with van der Waals surface area (Å²) in [7, 11) is 0. The molecule has 3 rings (SSSR count). The van der Waals surface area contributed by atoms with Gasteiger partial charge in [0.1, 0.15) is 5.75 Å². The molecule has 2 heterocycles. The van der Waals surface area contributed by atoms with Crippen molar-refractivity contribution in [3.63, 3.8) is 0 Å². The molecule has 0 unspecified atom stereocenters. The molecule has 1 aromatic carbocycles. The van der Waals surface area contributed by atoms with Gasteiger partial charge >= 0.3 is 0 Å². The van der Waals surface area contributed by atoms with E-state index in [1.165, 1.54) is 0 Å². The number of hydrogen-bond donors (Lipinski definition) is 2. The highest BCUT2D eigenvalue weighted by molar-refractivity contribution is 7.09. The largest absolute Gasteiger partial charge is 0.478 e. The molecule has 2 aromatic rings. The first-order chi connectivity index (χ1) is 10.2. The van der Waals surface area contributed by atoms with Crippen molar-refractivity contribution in [3.05, 3.63) is 46.7 Å². The summed E-state index contributed by atoms with van der Waals surface area (Å²) in [6.07, 6.45) is -0.783. The van der Waals surface area contributed by atoms with Crippen LogP contribution in [0.2, 0.25) is 0 Å². The average Bonchev–Trinajstić information content (AvgIpc) is 2.99. The molecule has 2 amide bonds. The van der Waals surface area contributed by atoms with Crippen LogP contribution in [0.25, 0.3) is 0 Å². The summed E-state index contributed by atoms with van der Waals surface area (Å²) in [6.45, 7) is 0.474. The summed E-state index contributed by atoms with van der Waals surface area (Å²) in [5.74, 6) is 0.0936. The predicted octanol–water partition coefficient (Wildman–Crippen LogP) is 2.15. The summed E-state index contributed by atoms with van der Waals surface area (Å²) in [5, 5.41) is 7.49. The van der Waals surface area contributed by atoms with Gasteiger partial charge < -0.3 is 15.4 Å². The first-order valence-electron chi connectivity index (χ1n) is 6.58. The molecule has 0 radical (unpaired) electrons. The van der Waals surface area contributed by atoms with Gasteiger partial charge in [0.15, 0.2) is 6.10 Å². The fraction of sp³-hybridized carbons (Fsp3) is 0.200. The molecule has 1 aliphatic heterocycles. The number of rotatable bonds is 4. The lowest BCUT2D eigenvalue weighted by molar-refractivity contribution is -0.130. The Bertz CT molecular complexity index is 655. The van der Waals surface area contributed by atoms with Gasteiger partial charge in [-0.1, -0.05) is 18.2 Å². The number of para-hydroxylation sites is 2. The number of carbonyl (C=O) groups excluding carboxylic acids is 2. The van der Waals surface area contributed by atoms with Gasteiger partial charge in [-0.15, -0.1) is 11.3 Å². The molecular formula is C15H14N2O3S. The summed E-state index contributed by atoms with van der Waals surface area (Å²) < 4.78 is 5.58. The van der Waals surface area contributed by atoms with Gasteiger partial charge in [-0.2, -0.15) is 0 Å². The lowest BCUT2D eigenvalue weighted by Crippen LogP contribution is -2.40. The maximum absolute atomic E-state index is 11.9.